The number of carbonyl (C=O) groups is 2. The Morgan fingerprint density at radius 1 is 1.39 bits per heavy atom. The molecule has 3 amide bonds. The van der Waals surface area contributed by atoms with Crippen molar-refractivity contribution in [2.45, 2.75) is 13.0 Å². The summed E-state index contributed by atoms with van der Waals surface area (Å²) in [7, 11) is 0. The summed E-state index contributed by atoms with van der Waals surface area (Å²) < 4.78 is 1.66. The minimum Gasteiger partial charge on any atom is -0.369 e. The molecule has 8 heteroatoms. The molecule has 0 aromatic carbocycles. The first kappa shape index (κ1) is 15.0. The van der Waals surface area contributed by atoms with E-state index in [0.29, 0.717) is 31.9 Å². The Bertz CT molecular complexity index is 700. The van der Waals surface area contributed by atoms with Gasteiger partial charge in [-0.1, -0.05) is 0 Å². The first-order valence-electron chi connectivity index (χ1n) is 7.40. The quantitative estimate of drug-likeness (QED) is 0.845. The molecule has 1 atom stereocenters. The molecule has 2 aromatic rings. The van der Waals surface area contributed by atoms with E-state index in [0.717, 1.165) is 5.56 Å². The van der Waals surface area contributed by atoms with Gasteiger partial charge in [-0.05, 0) is 30.2 Å². The van der Waals surface area contributed by atoms with Crippen LogP contribution in [0.3, 0.4) is 0 Å². The lowest BCUT2D eigenvalue weighted by Crippen LogP contribution is -2.39. The van der Waals surface area contributed by atoms with Crippen LogP contribution >= 0.6 is 0 Å². The van der Waals surface area contributed by atoms with Gasteiger partial charge in [-0.25, -0.2) is 14.5 Å². The number of carbonyl (C=O) groups excluding carboxylic acids is 2. The first-order valence-corrected chi connectivity index (χ1v) is 7.40. The number of hydrogen-bond donors (Lipinski definition) is 2. The number of rotatable bonds is 4. The van der Waals surface area contributed by atoms with Crippen molar-refractivity contribution in [1.29, 1.82) is 0 Å². The fourth-order valence-electron chi connectivity index (χ4n) is 2.57. The molecule has 3 rings (SSSR count). The highest BCUT2D eigenvalue weighted by molar-refractivity contribution is 5.80. The maximum absolute atomic E-state index is 12.1. The number of amides is 3. The number of nitrogens with zero attached hydrogens (tertiary/aromatic N) is 4. The van der Waals surface area contributed by atoms with Crippen LogP contribution in [-0.2, 0) is 11.3 Å². The number of aromatic nitrogens is 3. The third-order valence-corrected chi connectivity index (χ3v) is 3.87. The van der Waals surface area contributed by atoms with Crippen molar-refractivity contribution in [1.82, 2.24) is 25.0 Å². The Labute approximate surface area is 133 Å². The van der Waals surface area contributed by atoms with E-state index in [1.807, 2.05) is 18.2 Å². The van der Waals surface area contributed by atoms with E-state index in [4.69, 9.17) is 5.73 Å². The molecule has 3 heterocycles. The monoisotopic (exact) mass is 314 g/mol. The molecule has 2 aromatic heterocycles. The van der Waals surface area contributed by atoms with Gasteiger partial charge in [0.2, 0.25) is 5.91 Å². The third-order valence-electron chi connectivity index (χ3n) is 3.87. The van der Waals surface area contributed by atoms with E-state index in [2.05, 4.69) is 15.4 Å². The second kappa shape index (κ2) is 6.47. The SMILES string of the molecule is NC(=O)[C@@H]1CCN(C(=O)NCc2ccnc(-n3cccn3)c2)C1. The lowest BCUT2D eigenvalue weighted by atomic mass is 10.1. The summed E-state index contributed by atoms with van der Waals surface area (Å²) in [6.07, 6.45) is 5.79. The summed E-state index contributed by atoms with van der Waals surface area (Å²) in [5.74, 6) is 0.100. The second-order valence-corrected chi connectivity index (χ2v) is 5.47. The molecule has 1 aliphatic rings. The molecule has 0 unspecified atom stereocenters. The summed E-state index contributed by atoms with van der Waals surface area (Å²) in [5, 5.41) is 6.98. The summed E-state index contributed by atoms with van der Waals surface area (Å²) in [5.41, 5.74) is 6.20. The van der Waals surface area contributed by atoms with Crippen molar-refractivity contribution < 1.29 is 9.59 Å². The van der Waals surface area contributed by atoms with Crippen LogP contribution < -0.4 is 11.1 Å². The topological polar surface area (TPSA) is 106 Å². The van der Waals surface area contributed by atoms with Crippen molar-refractivity contribution in [3.63, 3.8) is 0 Å². The van der Waals surface area contributed by atoms with Crippen LogP contribution in [0, 0.1) is 5.92 Å². The Morgan fingerprint density at radius 2 is 2.26 bits per heavy atom. The molecular weight excluding hydrogens is 296 g/mol. The first-order chi connectivity index (χ1) is 11.1. The maximum Gasteiger partial charge on any atom is 0.317 e. The minimum atomic E-state index is -0.349. The average molecular weight is 314 g/mol. The summed E-state index contributed by atoms with van der Waals surface area (Å²) in [6.45, 7) is 1.32. The smallest absolute Gasteiger partial charge is 0.317 e. The predicted octanol–water partition coefficient (Wildman–Crippen LogP) is 0.284. The molecule has 1 saturated heterocycles. The van der Waals surface area contributed by atoms with Gasteiger partial charge in [0.05, 0.1) is 5.92 Å². The van der Waals surface area contributed by atoms with Crippen LogP contribution in [0.2, 0.25) is 0 Å². The highest BCUT2D eigenvalue weighted by Crippen LogP contribution is 2.15. The number of likely N-dealkylation sites (tertiary alicyclic amines) is 1. The lowest BCUT2D eigenvalue weighted by Gasteiger charge is -2.17. The largest absolute Gasteiger partial charge is 0.369 e. The fraction of sp³-hybridized carbons (Fsp3) is 0.333. The Hall–Kier alpha value is -2.90. The number of pyridine rings is 1. The highest BCUT2D eigenvalue weighted by atomic mass is 16.2. The average Bonchev–Trinajstić information content (AvgIpc) is 3.24. The van der Waals surface area contributed by atoms with Crippen molar-refractivity contribution in [2.75, 3.05) is 13.1 Å². The van der Waals surface area contributed by atoms with Crippen molar-refractivity contribution >= 4 is 11.9 Å². The Balaban J connectivity index is 1.57. The summed E-state index contributed by atoms with van der Waals surface area (Å²) in [6, 6.07) is 5.33. The molecule has 1 fully saturated rings. The second-order valence-electron chi connectivity index (χ2n) is 5.47. The van der Waals surface area contributed by atoms with Gasteiger partial charge in [0, 0.05) is 38.2 Å². The summed E-state index contributed by atoms with van der Waals surface area (Å²) in [4.78, 5) is 29.1. The van der Waals surface area contributed by atoms with Crippen molar-refractivity contribution in [3.05, 3.63) is 42.4 Å². The standard InChI is InChI=1S/C15H18N6O2/c16-14(22)12-3-7-20(10-12)15(23)18-9-11-2-5-17-13(8-11)21-6-1-4-19-21/h1-2,4-6,8,12H,3,7,9-10H2,(H2,16,22)(H,18,23)/t12-/m1/s1. The number of primary amides is 1. The third kappa shape index (κ3) is 3.47. The molecule has 0 spiro atoms. The molecule has 120 valence electrons. The van der Waals surface area contributed by atoms with E-state index in [-0.39, 0.29) is 17.9 Å². The van der Waals surface area contributed by atoms with E-state index in [1.54, 1.807) is 28.2 Å². The van der Waals surface area contributed by atoms with E-state index in [1.165, 1.54) is 0 Å². The van der Waals surface area contributed by atoms with E-state index < -0.39 is 0 Å². The van der Waals surface area contributed by atoms with Crippen molar-refractivity contribution in [3.8, 4) is 5.82 Å². The van der Waals surface area contributed by atoms with Gasteiger partial charge in [-0.15, -0.1) is 0 Å². The van der Waals surface area contributed by atoms with Crippen LogP contribution in [-0.4, -0.2) is 44.7 Å². The molecular formula is C15H18N6O2. The highest BCUT2D eigenvalue weighted by Gasteiger charge is 2.29. The van der Waals surface area contributed by atoms with Gasteiger partial charge in [-0.2, -0.15) is 5.10 Å². The summed E-state index contributed by atoms with van der Waals surface area (Å²) >= 11 is 0. The van der Waals surface area contributed by atoms with Crippen LogP contribution in [0.1, 0.15) is 12.0 Å². The van der Waals surface area contributed by atoms with Gasteiger partial charge in [0.15, 0.2) is 5.82 Å². The molecule has 8 nitrogen and oxygen atoms in total. The Kier molecular flexibility index (Phi) is 4.22. The number of urea groups is 1. The molecule has 1 aliphatic heterocycles. The number of hydrogen-bond acceptors (Lipinski definition) is 4. The van der Waals surface area contributed by atoms with E-state index in [9.17, 15) is 9.59 Å². The molecule has 3 N–H and O–H groups in total. The van der Waals surface area contributed by atoms with E-state index >= 15 is 0 Å². The molecule has 0 saturated carbocycles. The van der Waals surface area contributed by atoms with Gasteiger partial charge >= 0.3 is 6.03 Å². The van der Waals surface area contributed by atoms with Gasteiger partial charge in [0.1, 0.15) is 0 Å². The number of nitrogens with two attached hydrogens (primary N) is 1. The molecule has 0 radical (unpaired) electrons. The maximum atomic E-state index is 12.1. The van der Waals surface area contributed by atoms with Crippen LogP contribution in [0.25, 0.3) is 5.82 Å². The lowest BCUT2D eigenvalue weighted by molar-refractivity contribution is -0.121. The van der Waals surface area contributed by atoms with Gasteiger partial charge < -0.3 is 16.0 Å². The predicted molar refractivity (Wildman–Crippen MR) is 82.5 cm³/mol. The molecule has 23 heavy (non-hydrogen) atoms. The van der Waals surface area contributed by atoms with Crippen molar-refractivity contribution in [2.24, 2.45) is 11.7 Å². The molecule has 0 bridgehead atoms. The number of nitrogens with one attached hydrogen (secondary N) is 1. The fourth-order valence-corrected chi connectivity index (χ4v) is 2.57. The zero-order valence-electron chi connectivity index (χ0n) is 12.6. The Morgan fingerprint density at radius 3 is 2.96 bits per heavy atom. The molecule has 0 aliphatic carbocycles. The minimum absolute atomic E-state index is 0.189. The zero-order valence-corrected chi connectivity index (χ0v) is 12.6. The zero-order chi connectivity index (χ0) is 16.2. The van der Waals surface area contributed by atoms with Crippen LogP contribution in [0.5, 0.6) is 0 Å². The van der Waals surface area contributed by atoms with Crippen LogP contribution in [0.15, 0.2) is 36.8 Å². The normalized spacial score (nSPS) is 17.2. The van der Waals surface area contributed by atoms with Gasteiger partial charge in [-0.3, -0.25) is 4.79 Å². The van der Waals surface area contributed by atoms with Gasteiger partial charge in [0.25, 0.3) is 0 Å². The van der Waals surface area contributed by atoms with Crippen LogP contribution in [0.4, 0.5) is 4.79 Å².